The predicted molar refractivity (Wildman–Crippen MR) is 103 cm³/mol. The molecule has 148 valence electrons. The molecule has 4 aliphatic rings. The summed E-state index contributed by atoms with van der Waals surface area (Å²) in [5.41, 5.74) is 3.21. The summed E-state index contributed by atoms with van der Waals surface area (Å²) < 4.78 is 20.0. The highest BCUT2D eigenvalue weighted by Gasteiger charge is 2.58. The highest BCUT2D eigenvalue weighted by molar-refractivity contribution is 5.85. The van der Waals surface area contributed by atoms with E-state index in [-0.39, 0.29) is 10.8 Å². The van der Waals surface area contributed by atoms with Gasteiger partial charge in [0, 0.05) is 6.42 Å². The number of allylic oxidation sites excluding steroid dienone is 5. The molecule has 0 amide bonds. The van der Waals surface area contributed by atoms with Gasteiger partial charge in [-0.1, -0.05) is 19.9 Å². The summed E-state index contributed by atoms with van der Waals surface area (Å²) in [5, 5.41) is 9.19. The largest absolute Gasteiger partial charge is 0.501 e. The van der Waals surface area contributed by atoms with Gasteiger partial charge in [0.15, 0.2) is 0 Å². The Hall–Kier alpha value is -1.58. The molecule has 0 aliphatic heterocycles. The third-order valence-electron chi connectivity index (χ3n) is 8.64. The Bertz CT molecular complexity index is 776. The van der Waals surface area contributed by atoms with E-state index >= 15 is 0 Å². The van der Waals surface area contributed by atoms with Crippen LogP contribution < -0.4 is 0 Å². The van der Waals surface area contributed by atoms with Crippen LogP contribution in [0.4, 0.5) is 4.39 Å². The van der Waals surface area contributed by atoms with E-state index in [0.717, 1.165) is 44.3 Å². The molecule has 0 saturated heterocycles. The molecule has 4 rings (SSSR count). The van der Waals surface area contributed by atoms with Crippen molar-refractivity contribution in [1.82, 2.24) is 0 Å². The van der Waals surface area contributed by atoms with Crippen LogP contribution in [0.3, 0.4) is 0 Å². The first kappa shape index (κ1) is 18.8. The molecule has 4 aliphatic carbocycles. The van der Waals surface area contributed by atoms with Crippen molar-refractivity contribution in [2.45, 2.75) is 65.7 Å². The molecular formula is C23H31FO3. The second-order valence-electron chi connectivity index (χ2n) is 9.49. The zero-order valence-electron chi connectivity index (χ0n) is 16.9. The molecule has 5 atom stereocenters. The summed E-state index contributed by atoms with van der Waals surface area (Å²) in [7, 11) is 1.77. The van der Waals surface area contributed by atoms with E-state index < -0.39 is 11.8 Å². The van der Waals surface area contributed by atoms with Crippen molar-refractivity contribution in [2.75, 3.05) is 7.11 Å². The molecule has 0 radical (unpaired) electrons. The van der Waals surface area contributed by atoms with E-state index in [0.29, 0.717) is 29.7 Å². The van der Waals surface area contributed by atoms with E-state index in [1.165, 1.54) is 11.1 Å². The first-order valence-electron chi connectivity index (χ1n) is 10.3. The second kappa shape index (κ2) is 6.22. The summed E-state index contributed by atoms with van der Waals surface area (Å²) in [4.78, 5) is 11.3. The summed E-state index contributed by atoms with van der Waals surface area (Å²) in [6.45, 7) is 6.72. The lowest BCUT2D eigenvalue weighted by atomic mass is 9.48. The van der Waals surface area contributed by atoms with Crippen LogP contribution in [-0.4, -0.2) is 18.2 Å². The fraction of sp³-hybridized carbons (Fsp3) is 0.696. The minimum atomic E-state index is -1.40. The summed E-state index contributed by atoms with van der Waals surface area (Å²) in [6, 6.07) is 0. The number of hydrogen-bond acceptors (Lipinski definition) is 2. The number of carbonyl (C=O) groups is 1. The van der Waals surface area contributed by atoms with Crippen molar-refractivity contribution in [3.8, 4) is 0 Å². The molecule has 0 bridgehead atoms. The number of halogens is 1. The van der Waals surface area contributed by atoms with Crippen LogP contribution in [0.25, 0.3) is 0 Å². The number of rotatable bonds is 2. The Morgan fingerprint density at radius 1 is 1.19 bits per heavy atom. The van der Waals surface area contributed by atoms with Gasteiger partial charge in [-0.25, -0.2) is 4.79 Å². The number of hydrogen-bond donors (Lipinski definition) is 1. The summed E-state index contributed by atoms with van der Waals surface area (Å²) >= 11 is 0. The van der Waals surface area contributed by atoms with Crippen LogP contribution in [0.1, 0.15) is 65.7 Å². The molecule has 0 aromatic heterocycles. The molecule has 0 aromatic carbocycles. The Morgan fingerprint density at radius 3 is 2.56 bits per heavy atom. The van der Waals surface area contributed by atoms with E-state index in [2.05, 4.69) is 26.8 Å². The molecule has 27 heavy (non-hydrogen) atoms. The predicted octanol–water partition coefficient (Wildman–Crippen LogP) is 5.79. The van der Waals surface area contributed by atoms with E-state index in [4.69, 9.17) is 4.74 Å². The SMILES string of the molecule is COC1=C(C)C2=CC[C@@H]3[C@H](CC[C@]4(C)C(=C(F)C(=O)O)CC[C@@H]34)[C@@]2(C)CC1. The van der Waals surface area contributed by atoms with Crippen LogP contribution in [0.15, 0.2) is 34.4 Å². The first-order chi connectivity index (χ1) is 12.7. The molecular weight excluding hydrogens is 343 g/mol. The fourth-order valence-electron chi connectivity index (χ4n) is 7.26. The molecule has 2 fully saturated rings. The molecule has 2 saturated carbocycles. The topological polar surface area (TPSA) is 46.5 Å². The van der Waals surface area contributed by atoms with Gasteiger partial charge in [0.2, 0.25) is 5.83 Å². The maximum atomic E-state index is 14.4. The smallest absolute Gasteiger partial charge is 0.364 e. The lowest BCUT2D eigenvalue weighted by molar-refractivity contribution is -0.134. The normalized spacial score (nSPS) is 42.7. The van der Waals surface area contributed by atoms with Crippen molar-refractivity contribution in [2.24, 2.45) is 28.6 Å². The van der Waals surface area contributed by atoms with Crippen molar-refractivity contribution in [1.29, 1.82) is 0 Å². The number of carboxylic acids is 1. The number of aliphatic carboxylic acids is 1. The Kier molecular flexibility index (Phi) is 4.32. The molecule has 3 nitrogen and oxygen atoms in total. The third-order valence-corrected chi connectivity index (χ3v) is 8.64. The lowest BCUT2D eigenvalue weighted by Crippen LogP contribution is -2.48. The number of fused-ring (bicyclic) bond motifs is 5. The zero-order valence-corrected chi connectivity index (χ0v) is 16.9. The number of methoxy groups -OCH3 is 1. The molecule has 0 spiro atoms. The third kappa shape index (κ3) is 2.48. The average Bonchev–Trinajstić information content (AvgIpc) is 2.98. The maximum Gasteiger partial charge on any atom is 0.364 e. The first-order valence-corrected chi connectivity index (χ1v) is 10.3. The molecule has 0 heterocycles. The van der Waals surface area contributed by atoms with Gasteiger partial charge in [-0.3, -0.25) is 0 Å². The fourth-order valence-corrected chi connectivity index (χ4v) is 7.26. The monoisotopic (exact) mass is 374 g/mol. The number of ether oxygens (including phenoxy) is 1. The zero-order chi connectivity index (χ0) is 19.6. The Labute approximate surface area is 161 Å². The summed E-state index contributed by atoms with van der Waals surface area (Å²) in [5.74, 6) is 0.334. The molecule has 0 aromatic rings. The van der Waals surface area contributed by atoms with E-state index in [1.807, 2.05) is 0 Å². The lowest BCUT2D eigenvalue weighted by Gasteiger charge is -2.57. The average molecular weight is 374 g/mol. The van der Waals surface area contributed by atoms with Gasteiger partial charge in [-0.2, -0.15) is 4.39 Å². The van der Waals surface area contributed by atoms with Crippen LogP contribution in [0.5, 0.6) is 0 Å². The highest BCUT2D eigenvalue weighted by Crippen LogP contribution is 2.66. The van der Waals surface area contributed by atoms with Crippen molar-refractivity contribution < 1.29 is 19.0 Å². The Morgan fingerprint density at radius 2 is 1.89 bits per heavy atom. The van der Waals surface area contributed by atoms with Gasteiger partial charge < -0.3 is 9.84 Å². The molecule has 0 unspecified atom stereocenters. The van der Waals surface area contributed by atoms with Gasteiger partial charge in [0.05, 0.1) is 12.9 Å². The minimum absolute atomic E-state index is 0.161. The second-order valence-corrected chi connectivity index (χ2v) is 9.49. The standard InChI is InChI=1S/C23H31FO3/c1-13-15-6-5-14-16-7-8-18(20(24)21(25)26)23(16,3)11-9-17(14)22(15,2)12-10-19(13)27-4/h6,14,16-17H,5,7-12H2,1-4H3,(H,25,26)/t14-,16-,17-,22-,23-/m0/s1. The van der Waals surface area contributed by atoms with Gasteiger partial charge in [-0.05, 0) is 90.8 Å². The van der Waals surface area contributed by atoms with Crippen molar-refractivity contribution >= 4 is 5.97 Å². The Balaban J connectivity index is 1.72. The number of carboxylic acid groups (broad SMARTS) is 1. The van der Waals surface area contributed by atoms with Gasteiger partial charge in [0.1, 0.15) is 0 Å². The maximum absolute atomic E-state index is 14.4. The van der Waals surface area contributed by atoms with Crippen LogP contribution >= 0.6 is 0 Å². The van der Waals surface area contributed by atoms with Crippen LogP contribution in [0.2, 0.25) is 0 Å². The highest BCUT2D eigenvalue weighted by atomic mass is 19.1. The van der Waals surface area contributed by atoms with Crippen molar-refractivity contribution in [3.05, 3.63) is 34.4 Å². The summed E-state index contributed by atoms with van der Waals surface area (Å²) in [6.07, 6.45) is 9.00. The van der Waals surface area contributed by atoms with E-state index in [1.54, 1.807) is 7.11 Å². The van der Waals surface area contributed by atoms with Gasteiger partial charge >= 0.3 is 5.97 Å². The van der Waals surface area contributed by atoms with Gasteiger partial charge in [-0.15, -0.1) is 0 Å². The minimum Gasteiger partial charge on any atom is -0.501 e. The van der Waals surface area contributed by atoms with E-state index in [9.17, 15) is 14.3 Å². The van der Waals surface area contributed by atoms with Crippen LogP contribution in [-0.2, 0) is 9.53 Å². The molecule has 1 N–H and O–H groups in total. The van der Waals surface area contributed by atoms with Gasteiger partial charge in [0.25, 0.3) is 0 Å². The molecule has 4 heteroatoms. The quantitative estimate of drug-likeness (QED) is 0.623. The van der Waals surface area contributed by atoms with Crippen molar-refractivity contribution in [3.63, 3.8) is 0 Å². The van der Waals surface area contributed by atoms with Crippen LogP contribution in [0, 0.1) is 28.6 Å².